The Hall–Kier alpha value is -4.14. The number of fused-ring (bicyclic) bond motifs is 1. The lowest BCUT2D eigenvalue weighted by atomic mass is 9.99. The highest BCUT2D eigenvalue weighted by molar-refractivity contribution is 6.02. The van der Waals surface area contributed by atoms with E-state index >= 15 is 0 Å². The summed E-state index contributed by atoms with van der Waals surface area (Å²) in [7, 11) is 0. The van der Waals surface area contributed by atoms with Crippen LogP contribution in [0.3, 0.4) is 0 Å². The fourth-order valence-electron chi connectivity index (χ4n) is 4.41. The molecule has 0 unspecified atom stereocenters. The van der Waals surface area contributed by atoms with Crippen LogP contribution in [0.25, 0.3) is 0 Å². The number of halogens is 1. The molecule has 5 rings (SSSR count). The predicted molar refractivity (Wildman–Crippen MR) is 132 cm³/mol. The molecule has 0 bridgehead atoms. The van der Waals surface area contributed by atoms with Gasteiger partial charge in [0.2, 0.25) is 0 Å². The Kier molecular flexibility index (Phi) is 6.94. The Balaban J connectivity index is 1.29. The minimum atomic E-state index is -0.396. The molecule has 3 aromatic rings. The molecule has 2 aromatic carbocycles. The van der Waals surface area contributed by atoms with Gasteiger partial charge in [-0.1, -0.05) is 6.92 Å². The van der Waals surface area contributed by atoms with Crippen molar-refractivity contribution in [2.75, 3.05) is 31.2 Å². The average Bonchev–Trinajstić information content (AvgIpc) is 3.38. The second-order valence-corrected chi connectivity index (χ2v) is 9.36. The lowest BCUT2D eigenvalue weighted by Crippen LogP contribution is -2.38. The molecule has 0 N–H and O–H groups in total. The number of ketones is 1. The molecule has 1 aromatic heterocycles. The summed E-state index contributed by atoms with van der Waals surface area (Å²) in [6, 6.07) is 13.5. The molecule has 37 heavy (non-hydrogen) atoms. The molecule has 2 aliphatic rings. The highest BCUT2D eigenvalue weighted by Crippen LogP contribution is 2.34. The zero-order valence-electron chi connectivity index (χ0n) is 20.4. The Morgan fingerprint density at radius 3 is 2.57 bits per heavy atom. The summed E-state index contributed by atoms with van der Waals surface area (Å²) in [6.45, 7) is 3.27. The van der Waals surface area contributed by atoms with Crippen LogP contribution < -0.4 is 14.4 Å². The molecule has 8 nitrogen and oxygen atoms in total. The first-order valence-electron chi connectivity index (χ1n) is 12.2. The van der Waals surface area contributed by atoms with Crippen LogP contribution in [0.1, 0.15) is 46.4 Å². The van der Waals surface area contributed by atoms with E-state index in [9.17, 15) is 18.8 Å². The summed E-state index contributed by atoms with van der Waals surface area (Å²) in [5.74, 6) is 0.971. The van der Waals surface area contributed by atoms with Crippen molar-refractivity contribution < 1.29 is 32.7 Å². The Morgan fingerprint density at radius 2 is 1.81 bits per heavy atom. The Bertz CT molecular complexity index is 1310. The van der Waals surface area contributed by atoms with Gasteiger partial charge in [0, 0.05) is 18.7 Å². The highest BCUT2D eigenvalue weighted by Gasteiger charge is 2.29. The zero-order valence-corrected chi connectivity index (χ0v) is 20.4. The molecule has 0 radical (unpaired) electrons. The van der Waals surface area contributed by atoms with Gasteiger partial charge in [0.1, 0.15) is 23.1 Å². The minimum Gasteiger partial charge on any atom is -0.485 e. The van der Waals surface area contributed by atoms with Crippen molar-refractivity contribution in [3.05, 3.63) is 77.5 Å². The van der Waals surface area contributed by atoms with Gasteiger partial charge in [-0.25, -0.2) is 4.39 Å². The summed E-state index contributed by atoms with van der Waals surface area (Å²) in [4.78, 5) is 41.6. The fraction of sp³-hybridized carbons (Fsp3) is 0.321. The number of amides is 2. The molecular formula is C28H27FN2O6. The van der Waals surface area contributed by atoms with Crippen LogP contribution in [0.2, 0.25) is 0 Å². The van der Waals surface area contributed by atoms with E-state index < -0.39 is 5.82 Å². The third-order valence-corrected chi connectivity index (χ3v) is 6.66. The van der Waals surface area contributed by atoms with E-state index in [1.165, 1.54) is 29.2 Å². The molecule has 0 saturated carbocycles. The smallest absolute Gasteiger partial charge is 0.289 e. The summed E-state index contributed by atoms with van der Waals surface area (Å²) >= 11 is 0. The van der Waals surface area contributed by atoms with Crippen molar-refractivity contribution >= 4 is 23.3 Å². The lowest BCUT2D eigenvalue weighted by molar-refractivity contribution is -0.121. The largest absolute Gasteiger partial charge is 0.485 e. The standard InChI is InChI=1S/C28H27FN2O6/c1-18-10-12-30(13-11-18)28(34)26-9-7-22(37-26)15-31-23-14-19(2-8-25(23)36-17-27(31)33)24(32)16-35-21-5-3-20(29)4-6-21/h2-9,14,18H,10-13,15-17H2,1H3. The van der Waals surface area contributed by atoms with E-state index in [4.69, 9.17) is 13.9 Å². The van der Waals surface area contributed by atoms with Gasteiger partial charge in [0.05, 0.1) is 12.2 Å². The van der Waals surface area contributed by atoms with Gasteiger partial charge in [-0.05, 0) is 73.4 Å². The number of rotatable bonds is 7. The van der Waals surface area contributed by atoms with E-state index in [0.717, 1.165) is 12.8 Å². The molecule has 0 aliphatic carbocycles. The molecule has 2 aliphatic heterocycles. The first kappa shape index (κ1) is 24.5. The quantitative estimate of drug-likeness (QED) is 0.439. The van der Waals surface area contributed by atoms with Crippen molar-refractivity contribution in [2.45, 2.75) is 26.3 Å². The van der Waals surface area contributed by atoms with Crippen LogP contribution in [0, 0.1) is 11.7 Å². The first-order chi connectivity index (χ1) is 17.9. The predicted octanol–water partition coefficient (Wildman–Crippen LogP) is 4.48. The van der Waals surface area contributed by atoms with Gasteiger partial charge in [0.25, 0.3) is 11.8 Å². The number of carbonyl (C=O) groups is 3. The van der Waals surface area contributed by atoms with Gasteiger partial charge in [-0.3, -0.25) is 19.3 Å². The molecule has 9 heteroatoms. The normalized spacial score (nSPS) is 15.8. The lowest BCUT2D eigenvalue weighted by Gasteiger charge is -2.30. The molecule has 1 saturated heterocycles. The molecule has 2 amide bonds. The summed E-state index contributed by atoms with van der Waals surface area (Å²) in [5.41, 5.74) is 0.761. The molecular weight excluding hydrogens is 479 g/mol. The van der Waals surface area contributed by atoms with Crippen LogP contribution in [0.15, 0.2) is 59.0 Å². The third-order valence-electron chi connectivity index (χ3n) is 6.66. The van der Waals surface area contributed by atoms with Gasteiger partial charge in [-0.15, -0.1) is 0 Å². The number of furan rings is 1. The van der Waals surface area contributed by atoms with E-state index in [1.807, 2.05) is 0 Å². The minimum absolute atomic E-state index is 0.0865. The monoisotopic (exact) mass is 506 g/mol. The van der Waals surface area contributed by atoms with Crippen LogP contribution >= 0.6 is 0 Å². The molecule has 1 fully saturated rings. The number of nitrogens with zero attached hydrogens (tertiary/aromatic N) is 2. The topological polar surface area (TPSA) is 89.3 Å². The maximum Gasteiger partial charge on any atom is 0.289 e. The van der Waals surface area contributed by atoms with E-state index in [2.05, 4.69) is 6.92 Å². The van der Waals surface area contributed by atoms with Gasteiger partial charge in [0.15, 0.2) is 24.8 Å². The number of anilines is 1. The second-order valence-electron chi connectivity index (χ2n) is 9.36. The number of likely N-dealkylation sites (tertiary alicyclic amines) is 1. The van der Waals surface area contributed by atoms with Gasteiger partial charge in [-0.2, -0.15) is 0 Å². The number of hydrogen-bond acceptors (Lipinski definition) is 6. The fourth-order valence-corrected chi connectivity index (χ4v) is 4.41. The van der Waals surface area contributed by atoms with Crippen molar-refractivity contribution in [1.82, 2.24) is 4.90 Å². The third kappa shape index (κ3) is 5.50. The van der Waals surface area contributed by atoms with Crippen LogP contribution in [0.5, 0.6) is 11.5 Å². The highest BCUT2D eigenvalue weighted by atomic mass is 19.1. The number of benzene rings is 2. The molecule has 192 valence electrons. The first-order valence-corrected chi connectivity index (χ1v) is 12.2. The van der Waals surface area contributed by atoms with Crippen LogP contribution in [-0.4, -0.2) is 48.8 Å². The van der Waals surface area contributed by atoms with Crippen molar-refractivity contribution in [2.24, 2.45) is 5.92 Å². The van der Waals surface area contributed by atoms with E-state index in [-0.39, 0.29) is 43.1 Å². The van der Waals surface area contributed by atoms with Crippen molar-refractivity contribution in [1.29, 1.82) is 0 Å². The zero-order chi connectivity index (χ0) is 25.9. The number of piperidine rings is 1. The summed E-state index contributed by atoms with van der Waals surface area (Å²) in [5, 5.41) is 0. The molecule has 3 heterocycles. The number of Topliss-reactive ketones (excluding diaryl/α,β-unsaturated/α-hetero) is 1. The Labute approximate surface area is 213 Å². The summed E-state index contributed by atoms with van der Waals surface area (Å²) in [6.07, 6.45) is 1.93. The Morgan fingerprint density at radius 1 is 1.05 bits per heavy atom. The second kappa shape index (κ2) is 10.5. The maximum atomic E-state index is 13.1. The molecule has 0 spiro atoms. The number of ether oxygens (including phenoxy) is 2. The van der Waals surface area contributed by atoms with E-state index in [1.54, 1.807) is 35.2 Å². The molecule has 0 atom stereocenters. The number of hydrogen-bond donors (Lipinski definition) is 0. The maximum absolute atomic E-state index is 13.1. The average molecular weight is 507 g/mol. The van der Waals surface area contributed by atoms with Crippen molar-refractivity contribution in [3.8, 4) is 11.5 Å². The van der Waals surface area contributed by atoms with Crippen molar-refractivity contribution in [3.63, 3.8) is 0 Å². The number of carbonyl (C=O) groups excluding carboxylic acids is 3. The summed E-state index contributed by atoms with van der Waals surface area (Å²) < 4.78 is 29.9. The van der Waals surface area contributed by atoms with Gasteiger partial charge < -0.3 is 18.8 Å². The van der Waals surface area contributed by atoms with Gasteiger partial charge >= 0.3 is 0 Å². The van der Waals surface area contributed by atoms with Crippen LogP contribution in [-0.2, 0) is 11.3 Å². The van der Waals surface area contributed by atoms with E-state index in [0.29, 0.717) is 47.5 Å². The SMILES string of the molecule is CC1CCN(C(=O)c2ccc(CN3C(=O)COc4ccc(C(=O)COc5ccc(F)cc5)cc43)o2)CC1. The van der Waals surface area contributed by atoms with Crippen LogP contribution in [0.4, 0.5) is 10.1 Å².